The van der Waals surface area contributed by atoms with E-state index in [2.05, 4.69) is 22.8 Å². The molecular weight excluding hydrogens is 466 g/mol. The molecule has 1 aliphatic heterocycles. The summed E-state index contributed by atoms with van der Waals surface area (Å²) in [6.07, 6.45) is 3.33. The van der Waals surface area contributed by atoms with Crippen LogP contribution < -0.4 is 4.74 Å². The van der Waals surface area contributed by atoms with Crippen LogP contribution >= 0.6 is 0 Å². The van der Waals surface area contributed by atoms with Crippen LogP contribution in [-0.2, 0) is 36.1 Å². The van der Waals surface area contributed by atoms with Gasteiger partial charge in [0.25, 0.3) is 0 Å². The zero-order chi connectivity index (χ0) is 25.8. The van der Waals surface area contributed by atoms with Gasteiger partial charge in [0.15, 0.2) is 0 Å². The van der Waals surface area contributed by atoms with Gasteiger partial charge in [-0.15, -0.1) is 0 Å². The first kappa shape index (κ1) is 25.1. The van der Waals surface area contributed by atoms with E-state index in [1.54, 1.807) is 0 Å². The van der Waals surface area contributed by atoms with E-state index in [4.69, 9.17) is 19.3 Å². The van der Waals surface area contributed by atoms with Gasteiger partial charge in [0.1, 0.15) is 11.4 Å². The van der Waals surface area contributed by atoms with Gasteiger partial charge in [-0.25, -0.2) is 4.79 Å². The molecule has 0 unspecified atom stereocenters. The van der Waals surface area contributed by atoms with Crippen molar-refractivity contribution in [2.75, 3.05) is 19.8 Å². The van der Waals surface area contributed by atoms with Crippen molar-refractivity contribution >= 4 is 16.9 Å². The standard InChI is InChI=1S/C30H35N3O4/c1-4-36-30(34)29-24(16-11-19-37-22-12-6-5-7-13-22)23-14-10-15-25-27-21(2)31-32(3)26(27)20-35-18-9-8-17-33(29)28(23)25/h5-7,10,12-15H,4,8-9,11,16-20H2,1-3H3. The van der Waals surface area contributed by atoms with E-state index in [1.165, 1.54) is 0 Å². The van der Waals surface area contributed by atoms with E-state index in [0.717, 1.165) is 77.0 Å². The molecule has 0 spiro atoms. The van der Waals surface area contributed by atoms with Crippen molar-refractivity contribution in [1.82, 2.24) is 14.3 Å². The summed E-state index contributed by atoms with van der Waals surface area (Å²) < 4.78 is 21.7. The van der Waals surface area contributed by atoms with E-state index in [1.807, 2.05) is 55.9 Å². The molecule has 0 amide bonds. The zero-order valence-electron chi connectivity index (χ0n) is 22.0. The summed E-state index contributed by atoms with van der Waals surface area (Å²) >= 11 is 0. The summed E-state index contributed by atoms with van der Waals surface area (Å²) in [5.41, 5.74) is 6.94. The maximum atomic E-state index is 13.4. The third-order valence-corrected chi connectivity index (χ3v) is 7.01. The summed E-state index contributed by atoms with van der Waals surface area (Å²) in [6, 6.07) is 16.2. The van der Waals surface area contributed by atoms with Gasteiger partial charge in [-0.05, 0) is 57.2 Å². The van der Waals surface area contributed by atoms with Crippen molar-refractivity contribution in [3.63, 3.8) is 0 Å². The number of para-hydroxylation sites is 2. The van der Waals surface area contributed by atoms with Gasteiger partial charge in [-0.2, -0.15) is 5.10 Å². The lowest BCUT2D eigenvalue weighted by molar-refractivity contribution is 0.0512. The van der Waals surface area contributed by atoms with Crippen LogP contribution in [0.3, 0.4) is 0 Å². The number of aromatic nitrogens is 3. The topological polar surface area (TPSA) is 67.5 Å². The predicted octanol–water partition coefficient (Wildman–Crippen LogP) is 5.85. The molecule has 5 rings (SSSR count). The maximum Gasteiger partial charge on any atom is 0.355 e. The molecule has 1 aliphatic rings. The number of carbonyl (C=O) groups excluding carboxylic acids is 1. The number of fused-ring (bicyclic) bond motifs is 2. The Balaban J connectivity index is 1.63. The number of benzene rings is 2. The van der Waals surface area contributed by atoms with Crippen molar-refractivity contribution in [2.45, 2.75) is 52.7 Å². The molecule has 2 aromatic carbocycles. The SMILES string of the molecule is CCOC(=O)c1c(CCCOc2ccccc2)c2cccc3c2n1CCCCOCc1c-3c(C)nn1C. The van der Waals surface area contributed by atoms with Gasteiger partial charge in [0.05, 0.1) is 36.7 Å². The maximum absolute atomic E-state index is 13.4. The van der Waals surface area contributed by atoms with E-state index in [9.17, 15) is 4.79 Å². The number of ether oxygens (including phenoxy) is 3. The molecule has 0 saturated heterocycles. The number of esters is 1. The second-order valence-electron chi connectivity index (χ2n) is 9.46. The fraction of sp³-hybridized carbons (Fsp3) is 0.400. The smallest absolute Gasteiger partial charge is 0.355 e. The summed E-state index contributed by atoms with van der Waals surface area (Å²) in [7, 11) is 1.97. The second-order valence-corrected chi connectivity index (χ2v) is 9.46. The Hall–Kier alpha value is -3.58. The Labute approximate surface area is 217 Å². The van der Waals surface area contributed by atoms with Crippen molar-refractivity contribution in [1.29, 1.82) is 0 Å². The molecular formula is C30H35N3O4. The average molecular weight is 502 g/mol. The summed E-state index contributed by atoms with van der Waals surface area (Å²) in [6.45, 7) is 6.71. The Morgan fingerprint density at radius 3 is 2.76 bits per heavy atom. The molecule has 0 saturated carbocycles. The molecule has 0 bridgehead atoms. The van der Waals surface area contributed by atoms with Gasteiger partial charge < -0.3 is 18.8 Å². The van der Waals surface area contributed by atoms with Gasteiger partial charge in [-0.3, -0.25) is 4.68 Å². The van der Waals surface area contributed by atoms with Crippen molar-refractivity contribution in [2.24, 2.45) is 7.05 Å². The van der Waals surface area contributed by atoms with Crippen molar-refractivity contribution in [3.05, 3.63) is 71.2 Å². The van der Waals surface area contributed by atoms with Crippen LogP contribution in [0.5, 0.6) is 5.75 Å². The lowest BCUT2D eigenvalue weighted by Crippen LogP contribution is -2.15. The monoisotopic (exact) mass is 501 g/mol. The molecule has 37 heavy (non-hydrogen) atoms. The van der Waals surface area contributed by atoms with Crippen molar-refractivity contribution < 1.29 is 19.0 Å². The molecule has 0 radical (unpaired) electrons. The first-order chi connectivity index (χ1) is 18.1. The number of hydrogen-bond donors (Lipinski definition) is 0. The van der Waals surface area contributed by atoms with Gasteiger partial charge in [0, 0.05) is 36.7 Å². The lowest BCUT2D eigenvalue weighted by atomic mass is 9.98. The largest absolute Gasteiger partial charge is 0.494 e. The summed E-state index contributed by atoms with van der Waals surface area (Å²) in [5, 5.41) is 5.82. The third kappa shape index (κ3) is 5.01. The van der Waals surface area contributed by atoms with Gasteiger partial charge >= 0.3 is 5.97 Å². The first-order valence-electron chi connectivity index (χ1n) is 13.2. The van der Waals surface area contributed by atoms with Gasteiger partial charge in [0.2, 0.25) is 0 Å². The Morgan fingerprint density at radius 1 is 1.11 bits per heavy atom. The minimum Gasteiger partial charge on any atom is -0.494 e. The molecule has 7 heteroatoms. The number of nitrogens with zero attached hydrogens (tertiary/aromatic N) is 3. The van der Waals surface area contributed by atoms with Crippen LogP contribution in [-0.4, -0.2) is 40.1 Å². The molecule has 2 aromatic heterocycles. The Morgan fingerprint density at radius 2 is 1.95 bits per heavy atom. The van der Waals surface area contributed by atoms with Crippen LogP contribution in [0.4, 0.5) is 0 Å². The van der Waals surface area contributed by atoms with E-state index >= 15 is 0 Å². The molecule has 194 valence electrons. The highest BCUT2D eigenvalue weighted by Crippen LogP contribution is 2.39. The number of aryl methyl sites for hydroxylation is 4. The number of hydrogen-bond acceptors (Lipinski definition) is 5. The summed E-state index contributed by atoms with van der Waals surface area (Å²) in [5.74, 6) is 0.590. The minimum atomic E-state index is -0.266. The normalized spacial score (nSPS) is 13.7. The quantitative estimate of drug-likeness (QED) is 0.235. The van der Waals surface area contributed by atoms with Crippen LogP contribution in [0.25, 0.3) is 22.0 Å². The molecule has 0 aliphatic carbocycles. The fourth-order valence-electron chi connectivity index (χ4n) is 5.41. The van der Waals surface area contributed by atoms with Crippen LogP contribution in [0.15, 0.2) is 48.5 Å². The molecule has 4 aromatic rings. The minimum absolute atomic E-state index is 0.266. The Bertz CT molecular complexity index is 1390. The average Bonchev–Trinajstić information content (AvgIpc) is 3.35. The summed E-state index contributed by atoms with van der Waals surface area (Å²) in [4.78, 5) is 13.4. The number of carbonyl (C=O) groups is 1. The van der Waals surface area contributed by atoms with E-state index < -0.39 is 0 Å². The van der Waals surface area contributed by atoms with Crippen LogP contribution in [0, 0.1) is 6.92 Å². The van der Waals surface area contributed by atoms with Crippen molar-refractivity contribution in [3.8, 4) is 16.9 Å². The van der Waals surface area contributed by atoms with E-state index in [0.29, 0.717) is 32.1 Å². The zero-order valence-corrected chi connectivity index (χ0v) is 22.0. The second kappa shape index (κ2) is 11.2. The van der Waals surface area contributed by atoms with Crippen LogP contribution in [0.1, 0.15) is 53.6 Å². The fourth-order valence-corrected chi connectivity index (χ4v) is 5.41. The van der Waals surface area contributed by atoms with E-state index in [-0.39, 0.29) is 5.97 Å². The lowest BCUT2D eigenvalue weighted by Gasteiger charge is -2.13. The molecule has 0 N–H and O–H groups in total. The molecule has 0 atom stereocenters. The van der Waals surface area contributed by atoms with Crippen LogP contribution in [0.2, 0.25) is 0 Å². The highest BCUT2D eigenvalue weighted by molar-refractivity contribution is 6.04. The highest BCUT2D eigenvalue weighted by Gasteiger charge is 2.27. The van der Waals surface area contributed by atoms with Gasteiger partial charge in [-0.1, -0.05) is 36.4 Å². The predicted molar refractivity (Wildman–Crippen MR) is 144 cm³/mol. The highest BCUT2D eigenvalue weighted by atomic mass is 16.5. The Kier molecular flexibility index (Phi) is 7.60. The molecule has 7 nitrogen and oxygen atoms in total. The first-order valence-corrected chi connectivity index (χ1v) is 13.2. The molecule has 0 fully saturated rings. The molecule has 3 heterocycles. The number of rotatable bonds is 7. The third-order valence-electron chi connectivity index (χ3n) is 7.01.